The van der Waals surface area contributed by atoms with Crippen LogP contribution in [0.1, 0.15) is 16.5 Å². The van der Waals surface area contributed by atoms with Gasteiger partial charge in [0.25, 0.3) is 0 Å². The van der Waals surface area contributed by atoms with Crippen LogP contribution >= 0.6 is 35.3 Å². The van der Waals surface area contributed by atoms with E-state index in [1.165, 1.54) is 4.70 Å². The van der Waals surface area contributed by atoms with Gasteiger partial charge < -0.3 is 20.6 Å². The molecule has 2 aromatic heterocycles. The Bertz CT molecular complexity index is 895. The van der Waals surface area contributed by atoms with E-state index in [0.717, 1.165) is 21.6 Å². The fraction of sp³-hybridized carbons (Fsp3) is 0.300. The van der Waals surface area contributed by atoms with Crippen LogP contribution in [-0.4, -0.2) is 43.7 Å². The maximum Gasteiger partial charge on any atom is 0.191 e. The lowest BCUT2D eigenvalue weighted by Gasteiger charge is -2.16. The quantitative estimate of drug-likeness (QED) is 0.269. The molecule has 3 rings (SSSR count). The third-order valence-electron chi connectivity index (χ3n) is 4.19. The molecule has 0 spiro atoms. The van der Waals surface area contributed by atoms with Crippen LogP contribution < -0.4 is 15.5 Å². The molecule has 1 unspecified atom stereocenters. The number of thiophene rings is 1. The van der Waals surface area contributed by atoms with Gasteiger partial charge >= 0.3 is 0 Å². The Hall–Kier alpha value is -1.91. The van der Waals surface area contributed by atoms with Crippen molar-refractivity contribution >= 4 is 57.2 Å². The van der Waals surface area contributed by atoms with Crippen molar-refractivity contribution in [3.8, 4) is 0 Å². The average molecular weight is 511 g/mol. The summed E-state index contributed by atoms with van der Waals surface area (Å²) in [5.41, 5.74) is 1.11. The molecule has 8 heteroatoms. The second-order valence-corrected chi connectivity index (χ2v) is 7.54. The summed E-state index contributed by atoms with van der Waals surface area (Å²) < 4.78 is 1.18. The second kappa shape index (κ2) is 10.6. The van der Waals surface area contributed by atoms with Crippen LogP contribution in [-0.2, 0) is 6.54 Å². The van der Waals surface area contributed by atoms with Gasteiger partial charge in [-0.1, -0.05) is 18.2 Å². The Morgan fingerprint density at radius 1 is 1.21 bits per heavy atom. The standard InChI is InChI=1S/C20H25N5OS.HI/c1-21-20(23-12-14-8-9-22-19(10-14)25(2)3)24-13-16(26)18-11-15-6-4-5-7-17(15)27-18;/h4-11,16,26H,12-13H2,1-3H3,(H2,21,23,24);1H. The molecule has 3 aromatic rings. The third kappa shape index (κ3) is 5.79. The number of anilines is 1. The molecule has 1 aromatic carbocycles. The molecule has 0 aliphatic heterocycles. The molecule has 0 saturated heterocycles. The van der Waals surface area contributed by atoms with E-state index in [4.69, 9.17) is 0 Å². The Balaban J connectivity index is 0.00000280. The molecular weight excluding hydrogens is 485 g/mol. The number of nitrogens with one attached hydrogen (secondary N) is 2. The summed E-state index contributed by atoms with van der Waals surface area (Å²) in [6, 6.07) is 14.2. The van der Waals surface area contributed by atoms with Gasteiger partial charge in [0.05, 0.1) is 0 Å². The maximum absolute atomic E-state index is 10.5. The Kier molecular flexibility index (Phi) is 8.46. The van der Waals surface area contributed by atoms with E-state index in [0.29, 0.717) is 19.0 Å². The lowest BCUT2D eigenvalue weighted by atomic mass is 10.2. The smallest absolute Gasteiger partial charge is 0.191 e. The van der Waals surface area contributed by atoms with Crippen molar-refractivity contribution in [1.82, 2.24) is 15.6 Å². The lowest BCUT2D eigenvalue weighted by molar-refractivity contribution is 0.184. The molecule has 0 saturated carbocycles. The van der Waals surface area contributed by atoms with Gasteiger partial charge in [-0.15, -0.1) is 35.3 Å². The summed E-state index contributed by atoms with van der Waals surface area (Å²) in [6.45, 7) is 1.02. The topological polar surface area (TPSA) is 72.8 Å². The molecule has 0 radical (unpaired) electrons. The van der Waals surface area contributed by atoms with Crippen LogP contribution in [0.15, 0.2) is 53.7 Å². The van der Waals surface area contributed by atoms with Crippen LogP contribution in [0.4, 0.5) is 5.82 Å². The second-order valence-electron chi connectivity index (χ2n) is 6.43. The van der Waals surface area contributed by atoms with E-state index in [-0.39, 0.29) is 24.0 Å². The molecule has 0 fully saturated rings. The number of hydrogen-bond donors (Lipinski definition) is 3. The fourth-order valence-corrected chi connectivity index (χ4v) is 3.73. The first-order valence-corrected chi connectivity index (χ1v) is 9.62. The van der Waals surface area contributed by atoms with Crippen molar-refractivity contribution in [3.05, 3.63) is 59.1 Å². The van der Waals surface area contributed by atoms with Gasteiger partial charge in [-0.05, 0) is 35.2 Å². The Morgan fingerprint density at radius 3 is 2.71 bits per heavy atom. The highest BCUT2D eigenvalue weighted by atomic mass is 127. The van der Waals surface area contributed by atoms with Gasteiger partial charge in [-0.2, -0.15) is 0 Å². The van der Waals surface area contributed by atoms with Gasteiger partial charge in [0.2, 0.25) is 0 Å². The highest BCUT2D eigenvalue weighted by molar-refractivity contribution is 14.0. The van der Waals surface area contributed by atoms with Gasteiger partial charge in [-0.25, -0.2) is 4.98 Å². The molecule has 3 N–H and O–H groups in total. The van der Waals surface area contributed by atoms with E-state index in [1.807, 2.05) is 49.3 Å². The number of pyridine rings is 1. The number of aliphatic hydroxyl groups excluding tert-OH is 1. The zero-order chi connectivity index (χ0) is 19.2. The normalized spacial score (nSPS) is 12.4. The van der Waals surface area contributed by atoms with Crippen molar-refractivity contribution in [2.24, 2.45) is 4.99 Å². The van der Waals surface area contributed by atoms with E-state index < -0.39 is 6.10 Å². The molecule has 0 amide bonds. The van der Waals surface area contributed by atoms with Crippen LogP contribution in [0.2, 0.25) is 0 Å². The highest BCUT2D eigenvalue weighted by Crippen LogP contribution is 2.29. The zero-order valence-electron chi connectivity index (χ0n) is 16.2. The first kappa shape index (κ1) is 22.4. The number of benzene rings is 1. The minimum absolute atomic E-state index is 0. The SMILES string of the molecule is CN=C(NCc1ccnc(N(C)C)c1)NCC(O)c1cc2ccccc2s1.I. The molecule has 0 aliphatic rings. The largest absolute Gasteiger partial charge is 0.386 e. The van der Waals surface area contributed by atoms with Crippen molar-refractivity contribution < 1.29 is 5.11 Å². The Morgan fingerprint density at radius 2 is 2.00 bits per heavy atom. The molecular formula is C20H26IN5OS. The van der Waals surface area contributed by atoms with Crippen LogP contribution in [0, 0.1) is 0 Å². The fourth-order valence-electron chi connectivity index (χ4n) is 2.68. The zero-order valence-corrected chi connectivity index (χ0v) is 19.4. The molecule has 0 bridgehead atoms. The van der Waals surface area contributed by atoms with Gasteiger partial charge in [0.15, 0.2) is 5.96 Å². The number of aromatic nitrogens is 1. The number of rotatable bonds is 6. The van der Waals surface area contributed by atoms with Crippen LogP contribution in [0.3, 0.4) is 0 Å². The lowest BCUT2D eigenvalue weighted by Crippen LogP contribution is -2.38. The van der Waals surface area contributed by atoms with Gasteiger partial charge in [0, 0.05) is 50.0 Å². The summed E-state index contributed by atoms with van der Waals surface area (Å²) in [5.74, 6) is 1.57. The molecule has 6 nitrogen and oxygen atoms in total. The molecule has 1 atom stereocenters. The summed E-state index contributed by atoms with van der Waals surface area (Å²) in [5, 5.41) is 18.1. The van der Waals surface area contributed by atoms with E-state index in [1.54, 1.807) is 24.6 Å². The maximum atomic E-state index is 10.5. The predicted octanol–water partition coefficient (Wildman–Crippen LogP) is 3.38. The number of aliphatic imine (C=N–C) groups is 1. The minimum atomic E-state index is -0.581. The number of nitrogens with zero attached hydrogens (tertiary/aromatic N) is 3. The van der Waals surface area contributed by atoms with Gasteiger partial charge in [0.1, 0.15) is 11.9 Å². The summed E-state index contributed by atoms with van der Waals surface area (Å²) in [6.07, 6.45) is 1.22. The van der Waals surface area contributed by atoms with Crippen molar-refractivity contribution in [3.63, 3.8) is 0 Å². The van der Waals surface area contributed by atoms with Crippen molar-refractivity contribution in [2.75, 3.05) is 32.6 Å². The number of aliphatic hydroxyl groups is 1. The van der Waals surface area contributed by atoms with E-state index >= 15 is 0 Å². The number of guanidine groups is 1. The van der Waals surface area contributed by atoms with Gasteiger partial charge in [-0.3, -0.25) is 4.99 Å². The third-order valence-corrected chi connectivity index (χ3v) is 5.40. The molecule has 150 valence electrons. The summed E-state index contributed by atoms with van der Waals surface area (Å²) in [4.78, 5) is 11.5. The monoisotopic (exact) mass is 511 g/mol. The van der Waals surface area contributed by atoms with Crippen molar-refractivity contribution in [2.45, 2.75) is 12.6 Å². The summed E-state index contributed by atoms with van der Waals surface area (Å²) in [7, 11) is 5.66. The molecule has 28 heavy (non-hydrogen) atoms. The number of hydrogen-bond acceptors (Lipinski definition) is 5. The first-order valence-electron chi connectivity index (χ1n) is 8.80. The number of halogens is 1. The van der Waals surface area contributed by atoms with E-state index in [2.05, 4.69) is 32.7 Å². The predicted molar refractivity (Wildman–Crippen MR) is 129 cm³/mol. The minimum Gasteiger partial charge on any atom is -0.386 e. The summed E-state index contributed by atoms with van der Waals surface area (Å²) >= 11 is 1.62. The van der Waals surface area contributed by atoms with Crippen molar-refractivity contribution in [1.29, 1.82) is 0 Å². The number of fused-ring (bicyclic) bond motifs is 1. The highest BCUT2D eigenvalue weighted by Gasteiger charge is 2.12. The Labute approximate surface area is 186 Å². The molecule has 0 aliphatic carbocycles. The average Bonchev–Trinajstić information content (AvgIpc) is 3.12. The first-order chi connectivity index (χ1) is 13.1. The van der Waals surface area contributed by atoms with Crippen LogP contribution in [0.25, 0.3) is 10.1 Å². The van der Waals surface area contributed by atoms with Crippen LogP contribution in [0.5, 0.6) is 0 Å². The van der Waals surface area contributed by atoms with E-state index in [9.17, 15) is 5.11 Å². The molecule has 2 heterocycles.